The van der Waals surface area contributed by atoms with E-state index in [0.29, 0.717) is 23.1 Å². The average molecular weight is 273 g/mol. The van der Waals surface area contributed by atoms with Crippen LogP contribution in [0.1, 0.15) is 35.2 Å². The highest BCUT2D eigenvalue weighted by Crippen LogP contribution is 2.38. The largest absolute Gasteiger partial charge is 0.384 e. The number of fused-ring (bicyclic) bond motifs is 2. The van der Waals surface area contributed by atoms with Gasteiger partial charge in [-0.05, 0) is 43.4 Å². The van der Waals surface area contributed by atoms with Crippen molar-refractivity contribution in [2.75, 3.05) is 13.2 Å². The predicted octanol–water partition coefficient (Wildman–Crippen LogP) is 1.79. The third-order valence-electron chi connectivity index (χ3n) is 4.18. The van der Waals surface area contributed by atoms with Gasteiger partial charge in [0.1, 0.15) is 12.4 Å². The first kappa shape index (κ1) is 13.1. The van der Waals surface area contributed by atoms with Crippen LogP contribution in [0, 0.1) is 23.6 Å². The standard InChI is InChI=1S/C16H16FNO2/c17-13-5-4-12(2-1-7-19)15(9-13)16(20)18-10-11-3-6-14(18)8-11/h4-5,9,11,14,19H,3,6-8,10H2. The number of halogens is 1. The van der Waals surface area contributed by atoms with Crippen LogP contribution in [0.15, 0.2) is 18.2 Å². The van der Waals surface area contributed by atoms with Crippen LogP contribution >= 0.6 is 0 Å². The molecule has 2 bridgehead atoms. The number of nitrogens with zero attached hydrogens (tertiary/aromatic N) is 1. The van der Waals surface area contributed by atoms with Crippen molar-refractivity contribution in [3.63, 3.8) is 0 Å². The minimum Gasteiger partial charge on any atom is -0.384 e. The summed E-state index contributed by atoms with van der Waals surface area (Å²) in [6.07, 6.45) is 3.30. The summed E-state index contributed by atoms with van der Waals surface area (Å²) in [6.45, 7) is 0.492. The van der Waals surface area contributed by atoms with E-state index < -0.39 is 5.82 Å². The Bertz CT molecular complexity index is 602. The van der Waals surface area contributed by atoms with E-state index in [9.17, 15) is 9.18 Å². The lowest BCUT2D eigenvalue weighted by Crippen LogP contribution is -2.38. The second-order valence-corrected chi connectivity index (χ2v) is 5.44. The Labute approximate surface area is 117 Å². The maximum absolute atomic E-state index is 13.4. The van der Waals surface area contributed by atoms with Gasteiger partial charge in [0.05, 0.1) is 5.56 Å². The van der Waals surface area contributed by atoms with Gasteiger partial charge in [0.25, 0.3) is 5.91 Å². The molecule has 2 unspecified atom stereocenters. The van der Waals surface area contributed by atoms with Crippen molar-refractivity contribution in [2.24, 2.45) is 5.92 Å². The van der Waals surface area contributed by atoms with E-state index in [1.807, 2.05) is 4.90 Å². The number of amides is 1. The number of piperidine rings is 1. The molecule has 3 rings (SSSR count). The maximum atomic E-state index is 13.4. The molecule has 0 aromatic heterocycles. The minimum atomic E-state index is -0.438. The van der Waals surface area contributed by atoms with Crippen molar-refractivity contribution in [3.8, 4) is 11.8 Å². The number of carbonyl (C=O) groups excluding carboxylic acids is 1. The van der Waals surface area contributed by atoms with E-state index in [0.717, 1.165) is 19.4 Å². The Hall–Kier alpha value is -1.86. The SMILES string of the molecule is O=C(c1cc(F)ccc1C#CCO)N1CC2CCC1C2. The Morgan fingerprint density at radius 2 is 2.30 bits per heavy atom. The topological polar surface area (TPSA) is 40.5 Å². The summed E-state index contributed by atoms with van der Waals surface area (Å²) in [5.74, 6) is 5.26. The van der Waals surface area contributed by atoms with Gasteiger partial charge >= 0.3 is 0 Å². The van der Waals surface area contributed by atoms with Crippen molar-refractivity contribution in [1.82, 2.24) is 4.90 Å². The molecule has 1 amide bonds. The quantitative estimate of drug-likeness (QED) is 0.793. The number of hydrogen-bond donors (Lipinski definition) is 1. The maximum Gasteiger partial charge on any atom is 0.255 e. The Morgan fingerprint density at radius 3 is 2.95 bits per heavy atom. The van der Waals surface area contributed by atoms with Crippen LogP contribution in [0.2, 0.25) is 0 Å². The van der Waals surface area contributed by atoms with Gasteiger partial charge in [-0.3, -0.25) is 4.79 Å². The Morgan fingerprint density at radius 1 is 1.45 bits per heavy atom. The normalized spacial score (nSPS) is 23.6. The molecule has 1 heterocycles. The van der Waals surface area contributed by atoms with Crippen LogP contribution in [0.25, 0.3) is 0 Å². The minimum absolute atomic E-state index is 0.140. The Balaban J connectivity index is 1.92. The second-order valence-electron chi connectivity index (χ2n) is 5.44. The summed E-state index contributed by atoms with van der Waals surface area (Å²) in [6, 6.07) is 4.33. The number of carbonyl (C=O) groups is 1. The van der Waals surface area contributed by atoms with Crippen molar-refractivity contribution in [3.05, 3.63) is 35.1 Å². The highest BCUT2D eigenvalue weighted by molar-refractivity contribution is 5.97. The van der Waals surface area contributed by atoms with E-state index in [2.05, 4.69) is 11.8 Å². The molecule has 2 fully saturated rings. The van der Waals surface area contributed by atoms with E-state index in [1.54, 1.807) is 0 Å². The fourth-order valence-electron chi connectivity index (χ4n) is 3.27. The summed E-state index contributed by atoms with van der Waals surface area (Å²) >= 11 is 0. The number of aliphatic hydroxyl groups excluding tert-OH is 1. The van der Waals surface area contributed by atoms with Crippen molar-refractivity contribution in [1.29, 1.82) is 0 Å². The first-order chi connectivity index (χ1) is 9.69. The van der Waals surface area contributed by atoms with Gasteiger partial charge < -0.3 is 10.0 Å². The lowest BCUT2D eigenvalue weighted by molar-refractivity contribution is 0.0703. The molecule has 1 aliphatic carbocycles. The third kappa shape index (κ3) is 2.30. The summed E-state index contributed by atoms with van der Waals surface area (Å²) in [7, 11) is 0. The molecular weight excluding hydrogens is 257 g/mol. The summed E-state index contributed by atoms with van der Waals surface area (Å²) in [5, 5.41) is 8.77. The molecule has 1 aromatic rings. The lowest BCUT2D eigenvalue weighted by atomic mass is 10.0. The van der Waals surface area contributed by atoms with Crippen LogP contribution in [0.3, 0.4) is 0 Å². The van der Waals surface area contributed by atoms with Crippen LogP contribution in [0.5, 0.6) is 0 Å². The number of likely N-dealkylation sites (tertiary alicyclic amines) is 1. The van der Waals surface area contributed by atoms with Crippen LogP contribution in [0.4, 0.5) is 4.39 Å². The van der Waals surface area contributed by atoms with Gasteiger partial charge in [0, 0.05) is 18.2 Å². The zero-order valence-corrected chi connectivity index (χ0v) is 11.1. The van der Waals surface area contributed by atoms with Gasteiger partial charge in [0.15, 0.2) is 0 Å². The van der Waals surface area contributed by atoms with E-state index in [1.165, 1.54) is 24.6 Å². The molecule has 2 aliphatic rings. The monoisotopic (exact) mass is 273 g/mol. The summed E-state index contributed by atoms with van der Waals surface area (Å²) in [5.41, 5.74) is 0.784. The highest BCUT2D eigenvalue weighted by Gasteiger charge is 2.40. The fraction of sp³-hybridized carbons (Fsp3) is 0.438. The smallest absolute Gasteiger partial charge is 0.255 e. The molecule has 1 saturated carbocycles. The van der Waals surface area contributed by atoms with Crippen LogP contribution in [-0.4, -0.2) is 35.1 Å². The van der Waals surface area contributed by atoms with Gasteiger partial charge in [-0.25, -0.2) is 4.39 Å². The fourth-order valence-corrected chi connectivity index (χ4v) is 3.27. The van der Waals surface area contributed by atoms with E-state index in [-0.39, 0.29) is 12.5 Å². The molecule has 104 valence electrons. The second kappa shape index (κ2) is 5.26. The molecule has 0 radical (unpaired) electrons. The van der Waals surface area contributed by atoms with Gasteiger partial charge in [-0.1, -0.05) is 11.8 Å². The van der Waals surface area contributed by atoms with Gasteiger partial charge in [0.2, 0.25) is 0 Å². The van der Waals surface area contributed by atoms with Crippen molar-refractivity contribution in [2.45, 2.75) is 25.3 Å². The summed E-state index contributed by atoms with van der Waals surface area (Å²) < 4.78 is 13.4. The van der Waals surface area contributed by atoms with Gasteiger partial charge in [-0.2, -0.15) is 0 Å². The molecule has 1 aromatic carbocycles. The molecule has 1 aliphatic heterocycles. The number of rotatable bonds is 1. The highest BCUT2D eigenvalue weighted by atomic mass is 19.1. The third-order valence-corrected chi connectivity index (χ3v) is 4.18. The van der Waals surface area contributed by atoms with Crippen molar-refractivity contribution >= 4 is 5.91 Å². The van der Waals surface area contributed by atoms with Crippen molar-refractivity contribution < 1.29 is 14.3 Å². The number of benzene rings is 1. The number of aliphatic hydroxyl groups is 1. The first-order valence-electron chi connectivity index (χ1n) is 6.89. The molecule has 1 N–H and O–H groups in total. The molecule has 20 heavy (non-hydrogen) atoms. The molecule has 4 heteroatoms. The molecule has 2 atom stereocenters. The summed E-state index contributed by atoms with van der Waals surface area (Å²) in [4.78, 5) is 14.5. The molecule has 1 saturated heterocycles. The first-order valence-corrected chi connectivity index (χ1v) is 6.89. The molecular formula is C16H16FNO2. The van der Waals surface area contributed by atoms with E-state index in [4.69, 9.17) is 5.11 Å². The zero-order valence-electron chi connectivity index (χ0n) is 11.1. The Kier molecular flexibility index (Phi) is 3.45. The van der Waals surface area contributed by atoms with Crippen LogP contribution < -0.4 is 0 Å². The van der Waals surface area contributed by atoms with Crippen LogP contribution in [-0.2, 0) is 0 Å². The zero-order chi connectivity index (χ0) is 14.1. The predicted molar refractivity (Wildman–Crippen MR) is 72.5 cm³/mol. The lowest BCUT2D eigenvalue weighted by Gasteiger charge is -2.27. The molecule has 0 spiro atoms. The van der Waals surface area contributed by atoms with E-state index >= 15 is 0 Å². The molecule has 3 nitrogen and oxygen atoms in total. The van der Waals surface area contributed by atoms with Gasteiger partial charge in [-0.15, -0.1) is 0 Å². The average Bonchev–Trinajstić information content (AvgIpc) is 3.08. The number of hydrogen-bond acceptors (Lipinski definition) is 2.